The first-order chi connectivity index (χ1) is 8.13. The van der Waals surface area contributed by atoms with Crippen LogP contribution < -0.4 is 10.2 Å². The first-order valence-corrected chi connectivity index (χ1v) is 6.15. The molecule has 0 unspecified atom stereocenters. The lowest BCUT2D eigenvalue weighted by Gasteiger charge is -2.20. The van der Waals surface area contributed by atoms with Crippen molar-refractivity contribution < 1.29 is 0 Å². The third kappa shape index (κ3) is 5.15. The van der Waals surface area contributed by atoms with E-state index in [0.717, 1.165) is 32.0 Å². The van der Waals surface area contributed by atoms with E-state index in [1.807, 2.05) is 6.20 Å². The summed E-state index contributed by atoms with van der Waals surface area (Å²) in [4.78, 5) is 8.83. The van der Waals surface area contributed by atoms with Gasteiger partial charge in [-0.1, -0.05) is 13.0 Å². The third-order valence-corrected chi connectivity index (χ3v) is 2.66. The molecule has 96 valence electrons. The molecule has 1 N–H and O–H groups in total. The Bertz CT molecular complexity index is 308. The molecule has 0 amide bonds. The molecule has 1 heterocycles. The summed E-state index contributed by atoms with van der Waals surface area (Å²) in [6, 6.07) is 4.22. The topological polar surface area (TPSA) is 31.4 Å². The number of likely N-dealkylation sites (N-methyl/N-ethyl adjacent to an activating group) is 2. The molecular formula is C13H24N4. The normalized spacial score (nSPS) is 10.9. The minimum absolute atomic E-state index is 0.894. The molecule has 0 aliphatic carbocycles. The minimum Gasteiger partial charge on any atom is -0.358 e. The Balaban J connectivity index is 2.48. The van der Waals surface area contributed by atoms with Crippen LogP contribution in [-0.4, -0.2) is 50.7 Å². The van der Waals surface area contributed by atoms with Gasteiger partial charge in [-0.2, -0.15) is 0 Å². The van der Waals surface area contributed by atoms with Crippen LogP contribution in [-0.2, 0) is 6.54 Å². The van der Waals surface area contributed by atoms with Crippen molar-refractivity contribution in [3.8, 4) is 0 Å². The van der Waals surface area contributed by atoms with Crippen molar-refractivity contribution in [1.82, 2.24) is 15.2 Å². The molecule has 0 bridgehead atoms. The zero-order valence-electron chi connectivity index (χ0n) is 11.4. The highest BCUT2D eigenvalue weighted by atomic mass is 15.2. The van der Waals surface area contributed by atoms with Crippen LogP contribution in [0.3, 0.4) is 0 Å². The van der Waals surface area contributed by atoms with Crippen molar-refractivity contribution in [2.75, 3.05) is 45.7 Å². The van der Waals surface area contributed by atoms with Gasteiger partial charge in [0.05, 0.1) is 0 Å². The van der Waals surface area contributed by atoms with Crippen molar-refractivity contribution in [3.05, 3.63) is 23.9 Å². The van der Waals surface area contributed by atoms with E-state index in [-0.39, 0.29) is 0 Å². The Labute approximate surface area is 105 Å². The Morgan fingerprint density at radius 1 is 1.18 bits per heavy atom. The molecule has 0 aliphatic rings. The quantitative estimate of drug-likeness (QED) is 0.770. The zero-order chi connectivity index (χ0) is 12.7. The number of nitrogens with one attached hydrogen (secondary N) is 1. The van der Waals surface area contributed by atoms with Gasteiger partial charge >= 0.3 is 0 Å². The Morgan fingerprint density at radius 3 is 2.47 bits per heavy atom. The van der Waals surface area contributed by atoms with Crippen molar-refractivity contribution in [1.29, 1.82) is 0 Å². The monoisotopic (exact) mass is 236 g/mol. The van der Waals surface area contributed by atoms with E-state index in [4.69, 9.17) is 0 Å². The van der Waals surface area contributed by atoms with Crippen LogP contribution in [0.5, 0.6) is 0 Å². The number of hydrogen-bond donors (Lipinski definition) is 1. The minimum atomic E-state index is 0.894. The maximum Gasteiger partial charge on any atom is 0.128 e. The maximum absolute atomic E-state index is 4.48. The summed E-state index contributed by atoms with van der Waals surface area (Å²) in [5.41, 5.74) is 1.23. The van der Waals surface area contributed by atoms with Crippen LogP contribution in [0.4, 0.5) is 5.82 Å². The molecule has 0 spiro atoms. The molecule has 0 fully saturated rings. The molecular weight excluding hydrogens is 212 g/mol. The van der Waals surface area contributed by atoms with Gasteiger partial charge in [0.2, 0.25) is 0 Å². The molecule has 17 heavy (non-hydrogen) atoms. The van der Waals surface area contributed by atoms with E-state index in [1.54, 1.807) is 0 Å². The van der Waals surface area contributed by atoms with Crippen LogP contribution in [0.1, 0.15) is 12.5 Å². The summed E-state index contributed by atoms with van der Waals surface area (Å²) < 4.78 is 0. The van der Waals surface area contributed by atoms with Gasteiger partial charge < -0.3 is 15.1 Å². The summed E-state index contributed by atoms with van der Waals surface area (Å²) in [5.74, 6) is 1.03. The maximum atomic E-state index is 4.48. The van der Waals surface area contributed by atoms with Gasteiger partial charge in [0.25, 0.3) is 0 Å². The summed E-state index contributed by atoms with van der Waals surface area (Å²) in [6.45, 7) is 6.02. The van der Waals surface area contributed by atoms with Gasteiger partial charge in [0.15, 0.2) is 0 Å². The van der Waals surface area contributed by atoms with E-state index in [0.29, 0.717) is 0 Å². The van der Waals surface area contributed by atoms with Gasteiger partial charge in [-0.3, -0.25) is 0 Å². The van der Waals surface area contributed by atoms with Gasteiger partial charge in [-0.05, 0) is 32.3 Å². The van der Waals surface area contributed by atoms with E-state index in [9.17, 15) is 0 Å². The van der Waals surface area contributed by atoms with E-state index >= 15 is 0 Å². The number of hydrogen-bond acceptors (Lipinski definition) is 4. The predicted molar refractivity (Wildman–Crippen MR) is 73.4 cm³/mol. The Hall–Kier alpha value is -1.13. The molecule has 1 rings (SSSR count). The highest BCUT2D eigenvalue weighted by Gasteiger charge is 2.02. The zero-order valence-corrected chi connectivity index (χ0v) is 11.4. The molecule has 0 aromatic carbocycles. The van der Waals surface area contributed by atoms with Gasteiger partial charge in [0, 0.05) is 32.9 Å². The average Bonchev–Trinajstić information content (AvgIpc) is 2.34. The third-order valence-electron chi connectivity index (χ3n) is 2.66. The van der Waals surface area contributed by atoms with Crippen LogP contribution >= 0.6 is 0 Å². The van der Waals surface area contributed by atoms with Crippen molar-refractivity contribution in [3.63, 3.8) is 0 Å². The first kappa shape index (κ1) is 13.9. The molecule has 1 aromatic rings. The molecule has 0 atom stereocenters. The van der Waals surface area contributed by atoms with Crippen molar-refractivity contribution >= 4 is 5.82 Å². The van der Waals surface area contributed by atoms with E-state index < -0.39 is 0 Å². The lowest BCUT2D eigenvalue weighted by molar-refractivity contribution is 0.416. The Morgan fingerprint density at radius 2 is 1.94 bits per heavy atom. The van der Waals surface area contributed by atoms with Crippen LogP contribution in [0.2, 0.25) is 0 Å². The lowest BCUT2D eigenvalue weighted by Crippen LogP contribution is -2.29. The largest absolute Gasteiger partial charge is 0.358 e. The highest BCUT2D eigenvalue weighted by Crippen LogP contribution is 2.09. The lowest BCUT2D eigenvalue weighted by atomic mass is 10.2. The number of rotatable bonds is 7. The standard InChI is InChI=1S/C13H24N4/c1-5-14-10-12-6-7-13(15-11-12)17(4)9-8-16(2)3/h6-7,11,14H,5,8-10H2,1-4H3. The molecule has 4 heteroatoms. The first-order valence-electron chi connectivity index (χ1n) is 6.15. The fourth-order valence-corrected chi connectivity index (χ4v) is 1.48. The smallest absolute Gasteiger partial charge is 0.128 e. The van der Waals surface area contributed by atoms with Crippen molar-refractivity contribution in [2.24, 2.45) is 0 Å². The van der Waals surface area contributed by atoms with E-state index in [1.165, 1.54) is 5.56 Å². The molecule has 0 saturated heterocycles. The number of anilines is 1. The van der Waals surface area contributed by atoms with E-state index in [2.05, 4.69) is 60.3 Å². The van der Waals surface area contributed by atoms with Crippen molar-refractivity contribution in [2.45, 2.75) is 13.5 Å². The SMILES string of the molecule is CCNCc1ccc(N(C)CCN(C)C)nc1. The predicted octanol–water partition coefficient (Wildman–Crippen LogP) is 1.19. The molecule has 0 aliphatic heterocycles. The van der Waals surface area contributed by atoms with Crippen LogP contribution in [0.15, 0.2) is 18.3 Å². The van der Waals surface area contributed by atoms with Gasteiger partial charge in [0.1, 0.15) is 5.82 Å². The second-order valence-electron chi connectivity index (χ2n) is 4.53. The molecule has 0 radical (unpaired) electrons. The second-order valence-corrected chi connectivity index (χ2v) is 4.53. The average molecular weight is 236 g/mol. The summed E-state index contributed by atoms with van der Waals surface area (Å²) in [7, 11) is 6.25. The van der Waals surface area contributed by atoms with Gasteiger partial charge in [-0.15, -0.1) is 0 Å². The molecule has 4 nitrogen and oxygen atoms in total. The molecule has 1 aromatic heterocycles. The van der Waals surface area contributed by atoms with Crippen LogP contribution in [0.25, 0.3) is 0 Å². The highest BCUT2D eigenvalue weighted by molar-refractivity contribution is 5.38. The summed E-state index contributed by atoms with van der Waals surface area (Å²) >= 11 is 0. The number of pyridine rings is 1. The summed E-state index contributed by atoms with van der Waals surface area (Å²) in [5, 5.41) is 3.29. The number of aromatic nitrogens is 1. The fraction of sp³-hybridized carbons (Fsp3) is 0.615. The number of nitrogens with zero attached hydrogens (tertiary/aromatic N) is 3. The van der Waals surface area contributed by atoms with Gasteiger partial charge in [-0.25, -0.2) is 4.98 Å². The van der Waals surface area contributed by atoms with Crippen LogP contribution in [0, 0.1) is 0 Å². The second kappa shape index (κ2) is 7.25. The molecule has 0 saturated carbocycles. The fourth-order valence-electron chi connectivity index (χ4n) is 1.48. The Kier molecular flexibility index (Phi) is 5.94. The summed E-state index contributed by atoms with van der Waals surface area (Å²) in [6.07, 6.45) is 1.95.